The fourth-order valence-corrected chi connectivity index (χ4v) is 6.40. The Labute approximate surface area is 206 Å². The topological polar surface area (TPSA) is 92.8 Å². The minimum absolute atomic E-state index is 0.124. The molecular weight excluding hydrogens is 479 g/mol. The summed E-state index contributed by atoms with van der Waals surface area (Å²) >= 11 is 12.8. The lowest BCUT2D eigenvalue weighted by Crippen LogP contribution is -2.37. The smallest absolute Gasteiger partial charge is 0.338 e. The second kappa shape index (κ2) is 8.71. The Hall–Kier alpha value is -2.90. The van der Waals surface area contributed by atoms with Crippen molar-refractivity contribution in [3.05, 3.63) is 59.7 Å². The molecule has 1 N–H and O–H groups in total. The number of halogens is 2. The molecule has 9 heteroatoms. The Kier molecular flexibility index (Phi) is 5.86. The average Bonchev–Trinajstić information content (AvgIpc) is 3.42. The molecule has 1 aliphatic heterocycles. The summed E-state index contributed by atoms with van der Waals surface area (Å²) in [4.78, 5) is 52.2. The summed E-state index contributed by atoms with van der Waals surface area (Å²) in [6, 6.07) is 13.3. The van der Waals surface area contributed by atoms with Gasteiger partial charge in [-0.25, -0.2) is 4.79 Å². The number of nitrogens with zero attached hydrogens (tertiary/aromatic N) is 1. The number of alkyl halides is 2. The van der Waals surface area contributed by atoms with Crippen LogP contribution in [0.4, 0.5) is 11.4 Å². The Morgan fingerprint density at radius 3 is 2.29 bits per heavy atom. The number of carbonyl (C=O) groups excluding carboxylic acids is 4. The number of amides is 3. The highest BCUT2D eigenvalue weighted by Crippen LogP contribution is 2.59. The zero-order chi connectivity index (χ0) is 24.1. The van der Waals surface area contributed by atoms with Crippen molar-refractivity contribution in [3.8, 4) is 0 Å². The fraction of sp³-hybridized carbons (Fsp3) is 0.360. The van der Waals surface area contributed by atoms with E-state index < -0.39 is 30.3 Å². The molecule has 3 fully saturated rings. The standard InChI is InChI=1S/C25H22Cl2N2O5/c1-12-4-2-6-14(8-12)28-18(30)11-34-25(33)13-5-3-7-15(9-13)29-23(31)19-16-10-17(20(19)24(29)32)22(27)21(16)26/h2-9,16-17,19-22H,10-11H2,1H3,(H,28,30)/t16-,17-,19-,20+,21+,22+/m1/s1. The van der Waals surface area contributed by atoms with Gasteiger partial charge >= 0.3 is 5.97 Å². The van der Waals surface area contributed by atoms with Crippen molar-refractivity contribution < 1.29 is 23.9 Å². The van der Waals surface area contributed by atoms with Gasteiger partial charge in [0.25, 0.3) is 5.91 Å². The van der Waals surface area contributed by atoms with Crippen molar-refractivity contribution in [2.24, 2.45) is 23.7 Å². The van der Waals surface area contributed by atoms with Gasteiger partial charge in [-0.3, -0.25) is 19.3 Å². The first kappa shape index (κ1) is 22.9. The third kappa shape index (κ3) is 3.77. The molecule has 2 aromatic carbocycles. The molecule has 2 aromatic rings. The molecule has 2 saturated carbocycles. The van der Waals surface area contributed by atoms with E-state index in [0.29, 0.717) is 17.8 Å². The molecule has 0 radical (unpaired) electrons. The van der Waals surface area contributed by atoms with Gasteiger partial charge in [0.05, 0.1) is 33.8 Å². The first-order chi connectivity index (χ1) is 16.3. The summed E-state index contributed by atoms with van der Waals surface area (Å²) in [5.41, 5.74) is 2.01. The zero-order valence-corrected chi connectivity index (χ0v) is 19.8. The summed E-state index contributed by atoms with van der Waals surface area (Å²) < 4.78 is 5.14. The van der Waals surface area contributed by atoms with E-state index in [4.69, 9.17) is 27.9 Å². The number of hydrogen-bond donors (Lipinski definition) is 1. The number of benzene rings is 2. The molecule has 0 unspecified atom stereocenters. The Morgan fingerprint density at radius 1 is 1.00 bits per heavy atom. The Bertz CT molecular complexity index is 1170. The van der Waals surface area contributed by atoms with Crippen LogP contribution in [0.3, 0.4) is 0 Å². The van der Waals surface area contributed by atoms with Crippen LogP contribution in [0.15, 0.2) is 48.5 Å². The fourth-order valence-electron chi connectivity index (χ4n) is 5.51. The van der Waals surface area contributed by atoms with Gasteiger partial charge < -0.3 is 10.1 Å². The molecule has 7 nitrogen and oxygen atoms in total. The van der Waals surface area contributed by atoms with Crippen molar-refractivity contribution >= 4 is 58.3 Å². The van der Waals surface area contributed by atoms with Crippen LogP contribution in [-0.2, 0) is 19.1 Å². The highest BCUT2D eigenvalue weighted by molar-refractivity contribution is 6.32. The van der Waals surface area contributed by atoms with Gasteiger partial charge in [0.15, 0.2) is 6.61 Å². The molecular formula is C25H22Cl2N2O5. The van der Waals surface area contributed by atoms with Gasteiger partial charge in [-0.05, 0) is 61.1 Å². The van der Waals surface area contributed by atoms with Crippen molar-refractivity contribution in [3.63, 3.8) is 0 Å². The Morgan fingerprint density at radius 2 is 1.65 bits per heavy atom. The van der Waals surface area contributed by atoms with E-state index in [1.807, 2.05) is 19.1 Å². The summed E-state index contributed by atoms with van der Waals surface area (Å²) in [5.74, 6) is -3.02. The van der Waals surface area contributed by atoms with Crippen molar-refractivity contribution in [1.29, 1.82) is 0 Å². The van der Waals surface area contributed by atoms with E-state index in [0.717, 1.165) is 10.5 Å². The molecule has 1 heterocycles. The number of nitrogens with one attached hydrogen (secondary N) is 1. The molecule has 2 aliphatic carbocycles. The average molecular weight is 501 g/mol. The Balaban J connectivity index is 1.27. The van der Waals surface area contributed by atoms with Crippen LogP contribution in [0.1, 0.15) is 22.3 Å². The van der Waals surface area contributed by atoms with Crippen LogP contribution in [0, 0.1) is 30.6 Å². The van der Waals surface area contributed by atoms with Crippen LogP contribution in [0.2, 0.25) is 0 Å². The largest absolute Gasteiger partial charge is 0.452 e. The number of carbonyl (C=O) groups is 4. The predicted octanol–water partition coefficient (Wildman–Crippen LogP) is 3.76. The SMILES string of the molecule is Cc1cccc(NC(=O)COC(=O)c2cccc(N3C(=O)[C@@H]4[C@H]5C[C@@H]([C@H](Cl)[C@H]5Cl)[C@@H]4C3=O)c2)c1. The van der Waals surface area contributed by atoms with Crippen molar-refractivity contribution in [2.45, 2.75) is 24.1 Å². The lowest BCUT2D eigenvalue weighted by molar-refractivity contribution is -0.123. The first-order valence-electron chi connectivity index (χ1n) is 11.1. The lowest BCUT2D eigenvalue weighted by Gasteiger charge is -2.28. The van der Waals surface area contributed by atoms with Gasteiger partial charge in [-0.1, -0.05) is 18.2 Å². The van der Waals surface area contributed by atoms with E-state index in [9.17, 15) is 19.2 Å². The monoisotopic (exact) mass is 500 g/mol. The van der Waals surface area contributed by atoms with Crippen LogP contribution in [0.25, 0.3) is 0 Å². The van der Waals surface area contributed by atoms with E-state index in [-0.39, 0.29) is 40.0 Å². The summed E-state index contributed by atoms with van der Waals surface area (Å²) in [6.45, 7) is 1.43. The van der Waals surface area contributed by atoms with E-state index in [2.05, 4.69) is 5.32 Å². The quantitative estimate of drug-likeness (QED) is 0.383. The highest BCUT2D eigenvalue weighted by Gasteiger charge is 2.66. The van der Waals surface area contributed by atoms with Gasteiger partial charge in [-0.15, -0.1) is 23.2 Å². The zero-order valence-electron chi connectivity index (χ0n) is 18.2. The van der Waals surface area contributed by atoms with Crippen molar-refractivity contribution in [2.75, 3.05) is 16.8 Å². The van der Waals surface area contributed by atoms with Gasteiger partial charge in [0, 0.05) is 5.69 Å². The van der Waals surface area contributed by atoms with Gasteiger partial charge in [-0.2, -0.15) is 0 Å². The van der Waals surface area contributed by atoms with Gasteiger partial charge in [0.2, 0.25) is 11.8 Å². The lowest BCUT2D eigenvalue weighted by atomic mass is 9.80. The van der Waals surface area contributed by atoms with Gasteiger partial charge in [0.1, 0.15) is 0 Å². The van der Waals surface area contributed by atoms with Crippen LogP contribution < -0.4 is 10.2 Å². The van der Waals surface area contributed by atoms with Crippen LogP contribution >= 0.6 is 23.2 Å². The second-order valence-corrected chi connectivity index (χ2v) is 10.1. The molecule has 0 spiro atoms. The molecule has 176 valence electrons. The summed E-state index contributed by atoms with van der Waals surface area (Å²) in [5, 5.41) is 1.99. The maximum absolute atomic E-state index is 13.2. The minimum atomic E-state index is -0.734. The summed E-state index contributed by atoms with van der Waals surface area (Å²) in [6.07, 6.45) is 0.681. The third-order valence-electron chi connectivity index (χ3n) is 6.96. The molecule has 1 saturated heterocycles. The van der Waals surface area contributed by atoms with Crippen LogP contribution in [-0.4, -0.2) is 41.1 Å². The number of esters is 1. The van der Waals surface area contributed by atoms with Crippen LogP contribution in [0.5, 0.6) is 0 Å². The summed E-state index contributed by atoms with van der Waals surface area (Å²) in [7, 11) is 0. The number of fused-ring (bicyclic) bond motifs is 5. The molecule has 2 bridgehead atoms. The van der Waals surface area contributed by atoms with E-state index >= 15 is 0 Å². The number of ether oxygens (including phenoxy) is 1. The third-order valence-corrected chi connectivity index (χ3v) is 8.28. The van der Waals surface area contributed by atoms with E-state index in [1.165, 1.54) is 12.1 Å². The molecule has 0 aromatic heterocycles. The predicted molar refractivity (Wildman–Crippen MR) is 127 cm³/mol. The molecule has 34 heavy (non-hydrogen) atoms. The second-order valence-electron chi connectivity index (χ2n) is 9.06. The molecule has 3 aliphatic rings. The maximum atomic E-state index is 13.2. The highest BCUT2D eigenvalue weighted by atomic mass is 35.5. The first-order valence-corrected chi connectivity index (χ1v) is 11.9. The van der Waals surface area contributed by atoms with Crippen molar-refractivity contribution in [1.82, 2.24) is 0 Å². The maximum Gasteiger partial charge on any atom is 0.338 e. The molecule has 5 rings (SSSR count). The number of aryl methyl sites for hydroxylation is 1. The molecule has 6 atom stereocenters. The normalized spacial score (nSPS) is 29.3. The number of rotatable bonds is 5. The number of hydrogen-bond acceptors (Lipinski definition) is 5. The molecule has 3 amide bonds. The number of imide groups is 1. The van der Waals surface area contributed by atoms with E-state index in [1.54, 1.807) is 24.3 Å². The minimum Gasteiger partial charge on any atom is -0.452 e. The number of anilines is 2.